The van der Waals surface area contributed by atoms with Gasteiger partial charge in [0, 0.05) is 19.6 Å². The minimum Gasteiger partial charge on any atom is -0.491 e. The summed E-state index contributed by atoms with van der Waals surface area (Å²) in [6.07, 6.45) is 0.427. The second-order valence-electron chi connectivity index (χ2n) is 4.84. The molecule has 0 aromatic heterocycles. The SMILES string of the molecule is CCCN(CCO)CC(O)COc1ccc(CN)cc1. The molecule has 5 nitrogen and oxygen atoms in total. The predicted molar refractivity (Wildman–Crippen MR) is 79.7 cm³/mol. The Kier molecular flexibility index (Phi) is 8.22. The smallest absolute Gasteiger partial charge is 0.119 e. The fourth-order valence-corrected chi connectivity index (χ4v) is 2.02. The van der Waals surface area contributed by atoms with Gasteiger partial charge in [-0.2, -0.15) is 0 Å². The van der Waals surface area contributed by atoms with Crippen LogP contribution in [0.25, 0.3) is 0 Å². The van der Waals surface area contributed by atoms with E-state index in [1.807, 2.05) is 29.2 Å². The number of benzene rings is 1. The number of ether oxygens (including phenoxy) is 1. The zero-order valence-corrected chi connectivity index (χ0v) is 12.2. The number of nitrogens with zero attached hydrogens (tertiary/aromatic N) is 1. The topological polar surface area (TPSA) is 79.0 Å². The first kappa shape index (κ1) is 16.9. The lowest BCUT2D eigenvalue weighted by Crippen LogP contribution is -2.37. The van der Waals surface area contributed by atoms with Crippen LogP contribution in [-0.4, -0.2) is 54.1 Å². The van der Waals surface area contributed by atoms with Crippen LogP contribution in [0.3, 0.4) is 0 Å². The van der Waals surface area contributed by atoms with Gasteiger partial charge in [-0.05, 0) is 30.7 Å². The summed E-state index contributed by atoms with van der Waals surface area (Å²) < 4.78 is 5.54. The second kappa shape index (κ2) is 9.72. The molecule has 0 bridgehead atoms. The molecule has 0 spiro atoms. The molecule has 0 radical (unpaired) electrons. The Labute approximate surface area is 121 Å². The van der Waals surface area contributed by atoms with Crippen molar-refractivity contribution in [1.29, 1.82) is 0 Å². The van der Waals surface area contributed by atoms with Crippen LogP contribution in [0.5, 0.6) is 5.75 Å². The minimum absolute atomic E-state index is 0.105. The number of aliphatic hydroxyl groups is 2. The first-order chi connectivity index (χ1) is 9.69. The molecule has 114 valence electrons. The van der Waals surface area contributed by atoms with Gasteiger partial charge in [-0.15, -0.1) is 0 Å². The van der Waals surface area contributed by atoms with Gasteiger partial charge in [-0.1, -0.05) is 19.1 Å². The molecule has 0 heterocycles. The van der Waals surface area contributed by atoms with Gasteiger partial charge in [0.1, 0.15) is 18.5 Å². The number of hydrogen-bond acceptors (Lipinski definition) is 5. The molecule has 1 aromatic rings. The van der Waals surface area contributed by atoms with Gasteiger partial charge >= 0.3 is 0 Å². The molecule has 0 saturated carbocycles. The van der Waals surface area contributed by atoms with Crippen LogP contribution < -0.4 is 10.5 Å². The summed E-state index contributed by atoms with van der Waals surface area (Å²) in [5, 5.41) is 18.9. The van der Waals surface area contributed by atoms with E-state index in [1.165, 1.54) is 0 Å². The third-order valence-electron chi connectivity index (χ3n) is 3.03. The highest BCUT2D eigenvalue weighted by Crippen LogP contribution is 2.12. The highest BCUT2D eigenvalue weighted by atomic mass is 16.5. The predicted octanol–water partition coefficient (Wildman–Crippen LogP) is 0.589. The molecule has 0 aliphatic rings. The van der Waals surface area contributed by atoms with E-state index in [2.05, 4.69) is 6.92 Å². The highest BCUT2D eigenvalue weighted by molar-refractivity contribution is 5.27. The third kappa shape index (κ3) is 6.34. The molecular formula is C15H26N2O3. The van der Waals surface area contributed by atoms with E-state index in [4.69, 9.17) is 15.6 Å². The molecule has 0 aliphatic carbocycles. The van der Waals surface area contributed by atoms with Crippen molar-refractivity contribution in [2.45, 2.75) is 26.0 Å². The van der Waals surface area contributed by atoms with Gasteiger partial charge in [-0.3, -0.25) is 4.90 Å². The Hall–Kier alpha value is -1.14. The van der Waals surface area contributed by atoms with E-state index in [0.717, 1.165) is 24.3 Å². The van der Waals surface area contributed by atoms with Crippen molar-refractivity contribution in [3.63, 3.8) is 0 Å². The number of hydrogen-bond donors (Lipinski definition) is 3. The monoisotopic (exact) mass is 282 g/mol. The van der Waals surface area contributed by atoms with Crippen LogP contribution >= 0.6 is 0 Å². The Morgan fingerprint density at radius 3 is 2.50 bits per heavy atom. The largest absolute Gasteiger partial charge is 0.491 e. The molecular weight excluding hydrogens is 256 g/mol. The molecule has 1 atom stereocenters. The van der Waals surface area contributed by atoms with Crippen molar-refractivity contribution in [1.82, 2.24) is 4.90 Å². The minimum atomic E-state index is -0.567. The molecule has 1 rings (SSSR count). The molecule has 20 heavy (non-hydrogen) atoms. The maximum Gasteiger partial charge on any atom is 0.119 e. The lowest BCUT2D eigenvalue weighted by Gasteiger charge is -2.23. The van der Waals surface area contributed by atoms with E-state index >= 15 is 0 Å². The van der Waals surface area contributed by atoms with Crippen molar-refractivity contribution in [3.05, 3.63) is 29.8 Å². The van der Waals surface area contributed by atoms with E-state index < -0.39 is 6.10 Å². The molecule has 0 aliphatic heterocycles. The summed E-state index contributed by atoms with van der Waals surface area (Å²) >= 11 is 0. The van der Waals surface area contributed by atoms with Crippen LogP contribution in [0.1, 0.15) is 18.9 Å². The van der Waals surface area contributed by atoms with E-state index in [-0.39, 0.29) is 13.2 Å². The summed E-state index contributed by atoms with van der Waals surface area (Å²) in [5.74, 6) is 0.727. The first-order valence-electron chi connectivity index (χ1n) is 7.12. The average Bonchev–Trinajstić information content (AvgIpc) is 2.46. The molecule has 1 aromatic carbocycles. The van der Waals surface area contributed by atoms with Crippen LogP contribution in [0, 0.1) is 0 Å². The molecule has 0 amide bonds. The number of nitrogens with two attached hydrogens (primary N) is 1. The third-order valence-corrected chi connectivity index (χ3v) is 3.03. The summed E-state index contributed by atoms with van der Waals surface area (Å²) in [6, 6.07) is 7.53. The van der Waals surface area contributed by atoms with E-state index in [0.29, 0.717) is 19.6 Å². The van der Waals surface area contributed by atoms with Crippen molar-refractivity contribution in [3.8, 4) is 5.75 Å². The maximum absolute atomic E-state index is 9.97. The lowest BCUT2D eigenvalue weighted by molar-refractivity contribution is 0.0618. The van der Waals surface area contributed by atoms with Gasteiger partial charge in [0.25, 0.3) is 0 Å². The van der Waals surface area contributed by atoms with Crippen molar-refractivity contribution >= 4 is 0 Å². The molecule has 5 heteroatoms. The zero-order valence-electron chi connectivity index (χ0n) is 12.2. The van der Waals surface area contributed by atoms with Crippen LogP contribution in [0.2, 0.25) is 0 Å². The quantitative estimate of drug-likeness (QED) is 0.585. The van der Waals surface area contributed by atoms with Crippen LogP contribution in [0.15, 0.2) is 24.3 Å². The molecule has 0 fully saturated rings. The molecule has 0 saturated heterocycles. The number of aliphatic hydroxyl groups excluding tert-OH is 2. The fraction of sp³-hybridized carbons (Fsp3) is 0.600. The van der Waals surface area contributed by atoms with Crippen molar-refractivity contribution in [2.75, 3.05) is 32.8 Å². The van der Waals surface area contributed by atoms with Crippen LogP contribution in [-0.2, 0) is 6.54 Å². The van der Waals surface area contributed by atoms with Crippen molar-refractivity contribution < 1.29 is 14.9 Å². The number of rotatable bonds is 10. The average molecular weight is 282 g/mol. The molecule has 4 N–H and O–H groups in total. The van der Waals surface area contributed by atoms with Gasteiger partial charge in [-0.25, -0.2) is 0 Å². The fourth-order valence-electron chi connectivity index (χ4n) is 2.02. The normalized spacial score (nSPS) is 12.7. The van der Waals surface area contributed by atoms with Crippen molar-refractivity contribution in [2.24, 2.45) is 5.73 Å². The second-order valence-corrected chi connectivity index (χ2v) is 4.84. The summed E-state index contributed by atoms with van der Waals surface area (Å²) in [6.45, 7) is 4.89. The maximum atomic E-state index is 9.97. The standard InChI is InChI=1S/C15H26N2O3/c1-2-7-17(8-9-18)11-14(19)12-20-15-5-3-13(10-16)4-6-15/h3-6,14,18-19H,2,7-12,16H2,1H3. The summed E-state index contributed by atoms with van der Waals surface area (Å²) in [7, 11) is 0. The highest BCUT2D eigenvalue weighted by Gasteiger charge is 2.11. The Bertz CT molecular complexity index is 351. The van der Waals surface area contributed by atoms with Gasteiger partial charge in [0.15, 0.2) is 0 Å². The molecule has 1 unspecified atom stereocenters. The Morgan fingerprint density at radius 1 is 1.25 bits per heavy atom. The Morgan fingerprint density at radius 2 is 1.95 bits per heavy atom. The summed E-state index contributed by atoms with van der Waals surface area (Å²) in [4.78, 5) is 2.03. The Balaban J connectivity index is 2.35. The first-order valence-corrected chi connectivity index (χ1v) is 7.12. The van der Waals surface area contributed by atoms with E-state index in [1.54, 1.807) is 0 Å². The van der Waals surface area contributed by atoms with Gasteiger partial charge in [0.2, 0.25) is 0 Å². The van der Waals surface area contributed by atoms with Gasteiger partial charge in [0.05, 0.1) is 6.61 Å². The zero-order chi connectivity index (χ0) is 14.8. The van der Waals surface area contributed by atoms with E-state index in [9.17, 15) is 5.11 Å². The summed E-state index contributed by atoms with van der Waals surface area (Å²) in [5.41, 5.74) is 6.58. The van der Waals surface area contributed by atoms with Gasteiger partial charge < -0.3 is 20.7 Å². The lowest BCUT2D eigenvalue weighted by atomic mass is 10.2. The van der Waals surface area contributed by atoms with Crippen LogP contribution in [0.4, 0.5) is 0 Å².